The van der Waals surface area contributed by atoms with Crippen molar-refractivity contribution in [2.24, 2.45) is 47.3 Å². The summed E-state index contributed by atoms with van der Waals surface area (Å²) in [7, 11) is 0. The summed E-state index contributed by atoms with van der Waals surface area (Å²) in [6.07, 6.45) is 13.8. The SMILES string of the molecule is O=C1[C@@H]2[C@H](C(=O)N1c1cccc(/C=C/C#Cc3cccc(N4C(=O)[C@H]5[C@H](C4=O)[C@H]4C=C[C@H]5C4)c3)c1)[C@H]1C=C[C@H]2C1. The number of nitrogens with zero attached hydrogens (tertiary/aromatic N) is 2. The first kappa shape index (κ1) is 23.4. The average Bonchev–Trinajstić information content (AvgIpc) is 3.80. The third-order valence-electron chi connectivity index (χ3n) is 9.75. The first-order chi connectivity index (χ1) is 19.5. The highest BCUT2D eigenvalue weighted by Crippen LogP contribution is 2.54. The van der Waals surface area contributed by atoms with Gasteiger partial charge in [0.1, 0.15) is 0 Å². The monoisotopic (exact) mass is 526 g/mol. The molecule has 4 amide bonds. The minimum Gasteiger partial charge on any atom is -0.274 e. The van der Waals surface area contributed by atoms with E-state index < -0.39 is 0 Å². The maximum Gasteiger partial charge on any atom is 0.238 e. The molecule has 6 aliphatic rings. The van der Waals surface area contributed by atoms with Gasteiger partial charge in [-0.2, -0.15) is 0 Å². The number of rotatable bonds is 3. The molecule has 4 bridgehead atoms. The molecule has 0 N–H and O–H groups in total. The van der Waals surface area contributed by atoms with E-state index in [1.807, 2.05) is 36.4 Å². The van der Waals surface area contributed by atoms with Gasteiger partial charge in [-0.3, -0.25) is 19.2 Å². The summed E-state index contributed by atoms with van der Waals surface area (Å²) in [6.45, 7) is 0. The molecule has 40 heavy (non-hydrogen) atoms. The summed E-state index contributed by atoms with van der Waals surface area (Å²) in [4.78, 5) is 55.3. The Hall–Kier alpha value is -4.50. The molecule has 2 aliphatic heterocycles. The van der Waals surface area contributed by atoms with Crippen molar-refractivity contribution in [1.82, 2.24) is 0 Å². The number of benzene rings is 2. The van der Waals surface area contributed by atoms with Crippen molar-refractivity contribution < 1.29 is 19.2 Å². The van der Waals surface area contributed by atoms with Crippen LogP contribution >= 0.6 is 0 Å². The van der Waals surface area contributed by atoms with E-state index in [1.54, 1.807) is 24.3 Å². The Bertz CT molecular complexity index is 1610. The van der Waals surface area contributed by atoms with Gasteiger partial charge in [0, 0.05) is 5.56 Å². The van der Waals surface area contributed by atoms with Crippen LogP contribution in [0.2, 0.25) is 0 Å². The Morgan fingerprint density at radius 3 is 1.62 bits per heavy atom. The van der Waals surface area contributed by atoms with Gasteiger partial charge in [-0.1, -0.05) is 54.3 Å². The quantitative estimate of drug-likeness (QED) is 0.338. The minimum atomic E-state index is -0.228. The Morgan fingerprint density at radius 2 is 1.10 bits per heavy atom. The molecule has 8 atom stereocenters. The average molecular weight is 527 g/mol. The van der Waals surface area contributed by atoms with E-state index in [4.69, 9.17) is 0 Å². The van der Waals surface area contributed by atoms with Crippen LogP contribution in [0, 0.1) is 59.2 Å². The molecule has 0 unspecified atom stereocenters. The molecule has 4 fully saturated rings. The molecule has 0 spiro atoms. The van der Waals surface area contributed by atoms with Crippen LogP contribution in [0.1, 0.15) is 24.0 Å². The highest BCUT2D eigenvalue weighted by Gasteiger charge is 2.60. The smallest absolute Gasteiger partial charge is 0.238 e. The molecule has 2 aromatic carbocycles. The lowest BCUT2D eigenvalue weighted by Gasteiger charge is -2.17. The van der Waals surface area contributed by atoms with Crippen molar-refractivity contribution in [2.75, 3.05) is 9.80 Å². The van der Waals surface area contributed by atoms with Crippen LogP contribution in [-0.2, 0) is 19.2 Å². The van der Waals surface area contributed by atoms with Crippen LogP contribution in [0.5, 0.6) is 0 Å². The van der Waals surface area contributed by atoms with Crippen LogP contribution in [0.3, 0.4) is 0 Å². The Kier molecular flexibility index (Phi) is 4.97. The standard InChI is InChI=1S/C34H26N2O4/c37-31-27-21-11-12-22(17-21)28(27)32(38)35(31)25-9-3-7-19(15-25)5-1-2-6-20-8-4-10-26(16-20)36-33(39)29-23-13-14-24(18-23)30(29)34(36)40/h1,3-5,7-16,21-24,27-30H,17-18H2/b5-1+/t21-,22-,23-,24-,27-,28+,29+,30+/m0/s1. The van der Waals surface area contributed by atoms with Gasteiger partial charge in [-0.05, 0) is 84.6 Å². The zero-order valence-electron chi connectivity index (χ0n) is 21.6. The van der Waals surface area contributed by atoms with Gasteiger partial charge >= 0.3 is 0 Å². The maximum atomic E-state index is 13.2. The number of carbonyl (C=O) groups excluding carboxylic acids is 4. The molecule has 2 heterocycles. The molecular weight excluding hydrogens is 500 g/mol. The minimum absolute atomic E-state index is 0.0878. The number of amides is 4. The van der Waals surface area contributed by atoms with E-state index in [0.29, 0.717) is 16.9 Å². The molecule has 2 saturated heterocycles. The fourth-order valence-electron chi connectivity index (χ4n) is 8.07. The van der Waals surface area contributed by atoms with Crippen molar-refractivity contribution >= 4 is 41.1 Å². The van der Waals surface area contributed by atoms with Crippen LogP contribution in [-0.4, -0.2) is 23.6 Å². The van der Waals surface area contributed by atoms with Gasteiger partial charge in [-0.15, -0.1) is 0 Å². The number of imide groups is 2. The molecule has 2 aromatic rings. The molecule has 8 rings (SSSR count). The van der Waals surface area contributed by atoms with Gasteiger partial charge in [0.15, 0.2) is 0 Å². The fourth-order valence-corrected chi connectivity index (χ4v) is 8.07. The fraction of sp³-hybridized carbons (Fsp3) is 0.294. The normalized spacial score (nSPS) is 34.4. The number of fused-ring (bicyclic) bond motifs is 10. The predicted molar refractivity (Wildman–Crippen MR) is 149 cm³/mol. The molecule has 2 saturated carbocycles. The van der Waals surface area contributed by atoms with Crippen molar-refractivity contribution in [3.05, 3.63) is 90.0 Å². The van der Waals surface area contributed by atoms with E-state index in [2.05, 4.69) is 36.1 Å². The molecule has 6 nitrogen and oxygen atoms in total. The van der Waals surface area contributed by atoms with Crippen LogP contribution < -0.4 is 9.80 Å². The summed E-state index contributed by atoms with van der Waals surface area (Å²) in [6, 6.07) is 14.6. The summed E-state index contributed by atoms with van der Waals surface area (Å²) in [5, 5.41) is 0. The molecular formula is C34H26N2O4. The second-order valence-corrected chi connectivity index (χ2v) is 11.8. The Balaban J connectivity index is 0.987. The number of carbonyl (C=O) groups is 4. The van der Waals surface area contributed by atoms with E-state index >= 15 is 0 Å². The first-order valence-corrected chi connectivity index (χ1v) is 14.0. The summed E-state index contributed by atoms with van der Waals surface area (Å²) < 4.78 is 0. The first-order valence-electron chi connectivity index (χ1n) is 14.0. The third-order valence-corrected chi connectivity index (χ3v) is 9.75. The largest absolute Gasteiger partial charge is 0.274 e. The summed E-state index contributed by atoms with van der Waals surface area (Å²) in [5.41, 5.74) is 2.71. The van der Waals surface area contributed by atoms with E-state index in [1.165, 1.54) is 9.80 Å². The topological polar surface area (TPSA) is 74.8 Å². The second-order valence-electron chi connectivity index (χ2n) is 11.8. The van der Waals surface area contributed by atoms with E-state index in [9.17, 15) is 19.2 Å². The van der Waals surface area contributed by atoms with Crippen LogP contribution in [0.25, 0.3) is 6.08 Å². The van der Waals surface area contributed by atoms with Crippen molar-refractivity contribution in [2.45, 2.75) is 12.8 Å². The van der Waals surface area contributed by atoms with Gasteiger partial charge in [0.25, 0.3) is 0 Å². The Labute approximate surface area is 232 Å². The van der Waals surface area contributed by atoms with Gasteiger partial charge in [-0.25, -0.2) is 9.80 Å². The maximum absolute atomic E-state index is 13.2. The summed E-state index contributed by atoms with van der Waals surface area (Å²) in [5.74, 6) is 5.57. The number of allylic oxidation sites excluding steroid dienone is 5. The lowest BCUT2D eigenvalue weighted by molar-refractivity contribution is -0.124. The number of anilines is 2. The van der Waals surface area contributed by atoms with Crippen LogP contribution in [0.15, 0.2) is 78.9 Å². The molecule has 6 heteroatoms. The lowest BCUT2D eigenvalue weighted by atomic mass is 9.85. The lowest BCUT2D eigenvalue weighted by Crippen LogP contribution is -2.32. The van der Waals surface area contributed by atoms with Crippen molar-refractivity contribution in [3.8, 4) is 11.8 Å². The van der Waals surface area contributed by atoms with Gasteiger partial charge in [0.05, 0.1) is 35.0 Å². The molecule has 4 aliphatic carbocycles. The van der Waals surface area contributed by atoms with Crippen molar-refractivity contribution in [3.63, 3.8) is 0 Å². The Morgan fingerprint density at radius 1 is 0.625 bits per heavy atom. The third kappa shape index (κ3) is 3.24. The summed E-state index contributed by atoms with van der Waals surface area (Å²) >= 11 is 0. The zero-order valence-corrected chi connectivity index (χ0v) is 21.6. The molecule has 0 aromatic heterocycles. The number of hydrogen-bond donors (Lipinski definition) is 0. The molecule has 0 radical (unpaired) electrons. The van der Waals surface area contributed by atoms with Crippen LogP contribution in [0.4, 0.5) is 11.4 Å². The highest BCUT2D eigenvalue weighted by atomic mass is 16.2. The van der Waals surface area contributed by atoms with Crippen molar-refractivity contribution in [1.29, 1.82) is 0 Å². The van der Waals surface area contributed by atoms with E-state index in [-0.39, 0.29) is 71.0 Å². The highest BCUT2D eigenvalue weighted by molar-refractivity contribution is 6.23. The number of hydrogen-bond acceptors (Lipinski definition) is 4. The predicted octanol–water partition coefficient (Wildman–Crippen LogP) is 4.37. The second kappa shape index (κ2) is 8.50. The zero-order chi connectivity index (χ0) is 27.1. The van der Waals surface area contributed by atoms with Gasteiger partial charge in [0.2, 0.25) is 23.6 Å². The van der Waals surface area contributed by atoms with E-state index in [0.717, 1.165) is 18.4 Å². The van der Waals surface area contributed by atoms with Gasteiger partial charge < -0.3 is 0 Å². The molecule has 196 valence electrons.